The summed E-state index contributed by atoms with van der Waals surface area (Å²) in [5.41, 5.74) is 6.97. The summed E-state index contributed by atoms with van der Waals surface area (Å²) in [5, 5.41) is 5.13. The molecule has 0 aliphatic rings. The molecule has 1 unspecified atom stereocenters. The van der Waals surface area contributed by atoms with Crippen molar-refractivity contribution in [2.75, 3.05) is 0 Å². The van der Waals surface area contributed by atoms with E-state index in [9.17, 15) is 4.79 Å². The summed E-state index contributed by atoms with van der Waals surface area (Å²) < 4.78 is 5.17. The number of nitrogens with two attached hydrogens (primary N) is 1. The van der Waals surface area contributed by atoms with Crippen LogP contribution in [0.5, 0.6) is 0 Å². The Morgan fingerprint density at radius 3 is 2.82 bits per heavy atom. The average Bonchev–Trinajstić information content (AvgIpc) is 3.03. The molecule has 1 heterocycles. The number of nitrogens with zero attached hydrogens (tertiary/aromatic N) is 1. The topological polar surface area (TPSA) is 81.1 Å². The van der Waals surface area contributed by atoms with Crippen molar-refractivity contribution >= 4 is 16.7 Å². The zero-order valence-corrected chi connectivity index (χ0v) is 12.2. The molecule has 5 heteroatoms. The molecule has 3 aromatic rings. The van der Waals surface area contributed by atoms with E-state index in [-0.39, 0.29) is 17.6 Å². The van der Waals surface area contributed by atoms with Crippen LogP contribution < -0.4 is 11.1 Å². The third kappa shape index (κ3) is 2.84. The molecule has 0 radical (unpaired) electrons. The van der Waals surface area contributed by atoms with Crippen LogP contribution in [0.2, 0.25) is 0 Å². The molecule has 1 amide bonds. The number of benzene rings is 2. The maximum absolute atomic E-state index is 12.1. The first-order valence-corrected chi connectivity index (χ1v) is 7.11. The fraction of sp³-hybridized carbons (Fsp3) is 0.176. The van der Waals surface area contributed by atoms with Crippen LogP contribution in [0.15, 0.2) is 53.1 Å². The van der Waals surface area contributed by atoms with E-state index in [2.05, 4.69) is 10.3 Å². The van der Waals surface area contributed by atoms with Crippen LogP contribution in [-0.2, 0) is 6.54 Å². The smallest absolute Gasteiger partial charge is 0.273 e. The lowest BCUT2D eigenvalue weighted by Gasteiger charge is -2.07. The van der Waals surface area contributed by atoms with Gasteiger partial charge in [-0.1, -0.05) is 42.5 Å². The Morgan fingerprint density at radius 1 is 1.27 bits per heavy atom. The van der Waals surface area contributed by atoms with Crippen molar-refractivity contribution in [1.82, 2.24) is 10.3 Å². The molecular formula is C17H17N3O2. The van der Waals surface area contributed by atoms with Crippen LogP contribution in [-0.4, -0.2) is 10.9 Å². The van der Waals surface area contributed by atoms with Gasteiger partial charge in [-0.15, -0.1) is 0 Å². The van der Waals surface area contributed by atoms with E-state index in [4.69, 9.17) is 10.2 Å². The third-order valence-corrected chi connectivity index (χ3v) is 3.46. The molecule has 0 aliphatic heterocycles. The van der Waals surface area contributed by atoms with Crippen molar-refractivity contribution in [1.29, 1.82) is 0 Å². The van der Waals surface area contributed by atoms with E-state index >= 15 is 0 Å². The molecule has 0 fully saturated rings. The normalized spacial score (nSPS) is 12.3. The second-order valence-corrected chi connectivity index (χ2v) is 5.18. The highest BCUT2D eigenvalue weighted by Gasteiger charge is 2.14. The van der Waals surface area contributed by atoms with Gasteiger partial charge in [0.1, 0.15) is 6.26 Å². The molecule has 1 aromatic heterocycles. The minimum atomic E-state index is -0.334. The molecule has 0 saturated heterocycles. The molecule has 0 spiro atoms. The summed E-state index contributed by atoms with van der Waals surface area (Å²) in [6.07, 6.45) is 1.33. The molecule has 5 nitrogen and oxygen atoms in total. The Labute approximate surface area is 128 Å². The lowest BCUT2D eigenvalue weighted by atomic mass is 10.0. The Bertz CT molecular complexity index is 803. The molecule has 3 N–H and O–H groups in total. The van der Waals surface area contributed by atoms with E-state index in [0.29, 0.717) is 12.4 Å². The van der Waals surface area contributed by atoms with E-state index in [1.807, 2.05) is 42.5 Å². The summed E-state index contributed by atoms with van der Waals surface area (Å²) >= 11 is 0. The van der Waals surface area contributed by atoms with E-state index < -0.39 is 0 Å². The van der Waals surface area contributed by atoms with Gasteiger partial charge in [0.2, 0.25) is 5.89 Å². The highest BCUT2D eigenvalue weighted by Crippen LogP contribution is 2.18. The number of carbonyl (C=O) groups is 1. The number of amides is 1. The summed E-state index contributed by atoms with van der Waals surface area (Å²) in [6, 6.07) is 13.8. The number of oxazole rings is 1. The number of nitrogens with one attached hydrogen (secondary N) is 1. The number of hydrogen-bond donors (Lipinski definition) is 2. The molecule has 0 aliphatic carbocycles. The summed E-state index contributed by atoms with van der Waals surface area (Å²) in [5.74, 6) is 0.0823. The van der Waals surface area contributed by atoms with Crippen molar-refractivity contribution in [2.45, 2.75) is 19.5 Å². The highest BCUT2D eigenvalue weighted by atomic mass is 16.3. The van der Waals surface area contributed by atoms with Gasteiger partial charge in [-0.05, 0) is 23.3 Å². The molecular weight excluding hydrogens is 278 g/mol. The standard InChI is InChI=1S/C17H17N3O2/c1-11(18)17-20-15(10-22-17)16(21)19-9-13-7-4-6-12-5-2-3-8-14(12)13/h2-8,10-11H,9,18H2,1H3,(H,19,21). The molecule has 0 saturated carbocycles. The number of aromatic nitrogens is 1. The number of carbonyl (C=O) groups excluding carboxylic acids is 1. The number of rotatable bonds is 4. The summed E-state index contributed by atoms with van der Waals surface area (Å²) in [4.78, 5) is 16.2. The Morgan fingerprint density at radius 2 is 2.05 bits per heavy atom. The van der Waals surface area contributed by atoms with Gasteiger partial charge in [-0.3, -0.25) is 4.79 Å². The Hall–Kier alpha value is -2.66. The van der Waals surface area contributed by atoms with E-state index in [0.717, 1.165) is 16.3 Å². The first-order chi connectivity index (χ1) is 10.6. The quantitative estimate of drug-likeness (QED) is 0.775. The van der Waals surface area contributed by atoms with Crippen molar-refractivity contribution in [3.05, 3.63) is 65.9 Å². The van der Waals surface area contributed by atoms with Gasteiger partial charge < -0.3 is 15.5 Å². The van der Waals surface area contributed by atoms with Crippen LogP contribution in [0, 0.1) is 0 Å². The minimum Gasteiger partial charge on any atom is -0.446 e. The maximum atomic E-state index is 12.1. The largest absolute Gasteiger partial charge is 0.446 e. The molecule has 3 rings (SSSR count). The van der Waals surface area contributed by atoms with Crippen LogP contribution in [0.3, 0.4) is 0 Å². The van der Waals surface area contributed by atoms with Gasteiger partial charge >= 0.3 is 0 Å². The van der Waals surface area contributed by atoms with Crippen LogP contribution >= 0.6 is 0 Å². The van der Waals surface area contributed by atoms with Gasteiger partial charge in [0.25, 0.3) is 5.91 Å². The molecule has 0 bridgehead atoms. The fourth-order valence-electron chi connectivity index (χ4n) is 2.31. The molecule has 112 valence electrons. The van der Waals surface area contributed by atoms with Gasteiger partial charge in [0.15, 0.2) is 5.69 Å². The van der Waals surface area contributed by atoms with Crippen molar-refractivity contribution in [2.24, 2.45) is 5.73 Å². The Kier molecular flexibility index (Phi) is 3.89. The molecule has 22 heavy (non-hydrogen) atoms. The first-order valence-electron chi connectivity index (χ1n) is 7.11. The molecule has 2 aromatic carbocycles. The van der Waals surface area contributed by atoms with Gasteiger partial charge in [-0.25, -0.2) is 4.98 Å². The predicted octanol–water partition coefficient (Wildman–Crippen LogP) is 2.78. The fourth-order valence-corrected chi connectivity index (χ4v) is 2.31. The van der Waals surface area contributed by atoms with Gasteiger partial charge in [0, 0.05) is 6.54 Å². The van der Waals surface area contributed by atoms with E-state index in [1.165, 1.54) is 6.26 Å². The van der Waals surface area contributed by atoms with Crippen molar-refractivity contribution in [3.8, 4) is 0 Å². The summed E-state index contributed by atoms with van der Waals surface area (Å²) in [6.45, 7) is 2.18. The predicted molar refractivity (Wildman–Crippen MR) is 84.2 cm³/mol. The van der Waals surface area contributed by atoms with E-state index in [1.54, 1.807) is 6.92 Å². The lowest BCUT2D eigenvalue weighted by Crippen LogP contribution is -2.23. The highest BCUT2D eigenvalue weighted by molar-refractivity contribution is 5.92. The SMILES string of the molecule is CC(N)c1nc(C(=O)NCc2cccc3ccccc23)co1. The maximum Gasteiger partial charge on any atom is 0.273 e. The second-order valence-electron chi connectivity index (χ2n) is 5.18. The number of hydrogen-bond acceptors (Lipinski definition) is 4. The second kappa shape index (κ2) is 5.99. The number of fused-ring (bicyclic) bond motifs is 1. The Balaban J connectivity index is 1.74. The monoisotopic (exact) mass is 295 g/mol. The van der Waals surface area contributed by atoms with Crippen LogP contribution in [0.25, 0.3) is 10.8 Å². The molecule has 1 atom stereocenters. The van der Waals surface area contributed by atoms with Crippen molar-refractivity contribution in [3.63, 3.8) is 0 Å². The van der Waals surface area contributed by atoms with Crippen LogP contribution in [0.4, 0.5) is 0 Å². The average molecular weight is 295 g/mol. The van der Waals surface area contributed by atoms with Crippen molar-refractivity contribution < 1.29 is 9.21 Å². The van der Waals surface area contributed by atoms with Gasteiger partial charge in [0.05, 0.1) is 6.04 Å². The van der Waals surface area contributed by atoms with Crippen LogP contribution in [0.1, 0.15) is 34.9 Å². The zero-order valence-electron chi connectivity index (χ0n) is 12.2. The third-order valence-electron chi connectivity index (χ3n) is 3.46. The first kappa shape index (κ1) is 14.3. The minimum absolute atomic E-state index is 0.243. The van der Waals surface area contributed by atoms with Gasteiger partial charge in [-0.2, -0.15) is 0 Å². The lowest BCUT2D eigenvalue weighted by molar-refractivity contribution is 0.0946. The zero-order chi connectivity index (χ0) is 15.5. The summed E-state index contributed by atoms with van der Waals surface area (Å²) in [7, 11) is 0.